The number of fused-ring (bicyclic) bond motifs is 1. The molecule has 0 radical (unpaired) electrons. The summed E-state index contributed by atoms with van der Waals surface area (Å²) in [5.74, 6) is -1.54. The maximum Gasteiger partial charge on any atom is 0.341 e. The molecule has 0 unspecified atom stereocenters. The molecule has 0 fully saturated rings. The molecule has 0 aliphatic carbocycles. The van der Waals surface area contributed by atoms with Crippen molar-refractivity contribution >= 4 is 5.97 Å². The lowest BCUT2D eigenvalue weighted by Gasteiger charge is -2.28. The molecule has 1 aliphatic rings. The Hall–Kier alpha value is -2.39. The van der Waals surface area contributed by atoms with Crippen LogP contribution >= 0.6 is 0 Å². The number of benzene rings is 2. The summed E-state index contributed by atoms with van der Waals surface area (Å²) in [6, 6.07) is 16.8. The van der Waals surface area contributed by atoms with E-state index in [4.69, 9.17) is 9.47 Å². The van der Waals surface area contributed by atoms with E-state index in [1.54, 1.807) is 12.1 Å². The van der Waals surface area contributed by atoms with E-state index >= 15 is 0 Å². The Labute approximate surface area is 117 Å². The topological polar surface area (TPSA) is 35.5 Å². The zero-order chi connectivity index (χ0) is 14.0. The minimum absolute atomic E-state index is 0.288. The first kappa shape index (κ1) is 12.6. The van der Waals surface area contributed by atoms with Crippen LogP contribution in [0.25, 0.3) is 0 Å². The first-order valence-corrected chi connectivity index (χ1v) is 6.41. The number of cyclic esters (lactones) is 1. The molecule has 0 saturated carbocycles. The van der Waals surface area contributed by atoms with Crippen molar-refractivity contribution in [2.75, 3.05) is 6.61 Å². The summed E-state index contributed by atoms with van der Waals surface area (Å²) in [7, 11) is 0. The minimum Gasteiger partial charge on any atom is -0.420 e. The first-order valence-electron chi connectivity index (χ1n) is 6.41. The highest BCUT2D eigenvalue weighted by Crippen LogP contribution is 2.42. The highest BCUT2D eigenvalue weighted by Gasteiger charge is 2.48. The van der Waals surface area contributed by atoms with E-state index in [9.17, 15) is 4.79 Å². The Balaban J connectivity index is 2.18. The SMILES string of the molecule is C=CCO[C@@]1(c2ccccc2)OC(=O)c2ccccc21. The van der Waals surface area contributed by atoms with E-state index in [1.807, 2.05) is 48.5 Å². The number of carbonyl (C=O) groups is 1. The van der Waals surface area contributed by atoms with Crippen LogP contribution in [0.1, 0.15) is 21.5 Å². The van der Waals surface area contributed by atoms with E-state index in [0.29, 0.717) is 5.56 Å². The molecular formula is C17H14O3. The molecule has 0 amide bonds. The van der Waals surface area contributed by atoms with E-state index in [1.165, 1.54) is 0 Å². The van der Waals surface area contributed by atoms with Crippen LogP contribution in [0.3, 0.4) is 0 Å². The number of ether oxygens (including phenoxy) is 2. The molecule has 2 aromatic rings. The van der Waals surface area contributed by atoms with Gasteiger partial charge in [-0.25, -0.2) is 4.79 Å². The highest BCUT2D eigenvalue weighted by molar-refractivity contribution is 5.95. The third-order valence-corrected chi connectivity index (χ3v) is 3.30. The Morgan fingerprint density at radius 2 is 1.80 bits per heavy atom. The van der Waals surface area contributed by atoms with Crippen molar-refractivity contribution in [3.63, 3.8) is 0 Å². The molecule has 3 nitrogen and oxygen atoms in total. The molecule has 100 valence electrons. The van der Waals surface area contributed by atoms with Gasteiger partial charge in [-0.3, -0.25) is 0 Å². The standard InChI is InChI=1S/C17H14O3/c1-2-12-19-17(13-8-4-3-5-9-13)15-11-7-6-10-14(15)16(18)20-17/h2-11H,1,12H2/t17-/m0/s1. The van der Waals surface area contributed by atoms with Crippen LogP contribution in [0.2, 0.25) is 0 Å². The Morgan fingerprint density at radius 3 is 2.55 bits per heavy atom. The summed E-state index contributed by atoms with van der Waals surface area (Å²) < 4.78 is 11.5. The molecule has 0 saturated heterocycles. The Kier molecular flexibility index (Phi) is 3.12. The summed E-state index contributed by atoms with van der Waals surface area (Å²) in [6.45, 7) is 3.94. The molecule has 0 spiro atoms. The third-order valence-electron chi connectivity index (χ3n) is 3.30. The van der Waals surface area contributed by atoms with Crippen LogP contribution in [0.15, 0.2) is 67.3 Å². The van der Waals surface area contributed by atoms with E-state index in [-0.39, 0.29) is 12.6 Å². The fourth-order valence-electron chi connectivity index (χ4n) is 2.43. The average Bonchev–Trinajstić information content (AvgIpc) is 2.80. The predicted octanol–water partition coefficient (Wildman–Crippen LogP) is 3.26. The first-order chi connectivity index (χ1) is 9.78. The van der Waals surface area contributed by atoms with Crippen molar-refractivity contribution in [1.82, 2.24) is 0 Å². The number of hydrogen-bond donors (Lipinski definition) is 0. The molecule has 0 bridgehead atoms. The summed E-state index contributed by atoms with van der Waals surface area (Å²) >= 11 is 0. The third kappa shape index (κ3) is 1.84. The van der Waals surface area contributed by atoms with Crippen LogP contribution in [0.4, 0.5) is 0 Å². The van der Waals surface area contributed by atoms with Crippen molar-refractivity contribution < 1.29 is 14.3 Å². The lowest BCUT2D eigenvalue weighted by molar-refractivity contribution is -0.166. The molecule has 0 N–H and O–H groups in total. The van der Waals surface area contributed by atoms with Gasteiger partial charge in [0.05, 0.1) is 12.2 Å². The highest BCUT2D eigenvalue weighted by atomic mass is 16.7. The fourth-order valence-corrected chi connectivity index (χ4v) is 2.43. The normalized spacial score (nSPS) is 20.3. The number of esters is 1. The van der Waals surface area contributed by atoms with Crippen LogP contribution in [-0.2, 0) is 15.3 Å². The van der Waals surface area contributed by atoms with Crippen molar-refractivity contribution in [1.29, 1.82) is 0 Å². The van der Waals surface area contributed by atoms with Gasteiger partial charge < -0.3 is 9.47 Å². The number of carbonyl (C=O) groups excluding carboxylic acids is 1. The van der Waals surface area contributed by atoms with Crippen LogP contribution in [-0.4, -0.2) is 12.6 Å². The van der Waals surface area contributed by atoms with E-state index in [0.717, 1.165) is 11.1 Å². The second-order valence-electron chi connectivity index (χ2n) is 4.52. The zero-order valence-corrected chi connectivity index (χ0v) is 10.9. The molecule has 1 heterocycles. The summed E-state index contributed by atoms with van der Waals surface area (Å²) in [5, 5.41) is 0. The average molecular weight is 266 g/mol. The zero-order valence-electron chi connectivity index (χ0n) is 10.9. The second kappa shape index (κ2) is 4.94. The fraction of sp³-hybridized carbons (Fsp3) is 0.118. The molecule has 3 heteroatoms. The van der Waals surface area contributed by atoms with E-state index < -0.39 is 5.79 Å². The van der Waals surface area contributed by atoms with E-state index in [2.05, 4.69) is 6.58 Å². The summed E-state index contributed by atoms with van der Waals surface area (Å²) in [5.41, 5.74) is 2.07. The molecule has 1 aliphatic heterocycles. The van der Waals surface area contributed by atoms with Gasteiger partial charge in [0.25, 0.3) is 5.79 Å². The van der Waals surface area contributed by atoms with Crippen molar-refractivity contribution in [3.05, 3.63) is 83.9 Å². The van der Waals surface area contributed by atoms with Gasteiger partial charge in [0.15, 0.2) is 0 Å². The molecule has 1 atom stereocenters. The van der Waals surface area contributed by atoms with Gasteiger partial charge in [0.1, 0.15) is 0 Å². The van der Waals surface area contributed by atoms with Crippen LogP contribution in [0, 0.1) is 0 Å². The lowest BCUT2D eigenvalue weighted by atomic mass is 9.95. The van der Waals surface area contributed by atoms with Crippen LogP contribution < -0.4 is 0 Å². The van der Waals surface area contributed by atoms with Gasteiger partial charge in [-0.05, 0) is 6.07 Å². The molecular weight excluding hydrogens is 252 g/mol. The van der Waals surface area contributed by atoms with Gasteiger partial charge in [0.2, 0.25) is 0 Å². The summed E-state index contributed by atoms with van der Waals surface area (Å²) in [6.07, 6.45) is 1.64. The number of rotatable bonds is 4. The lowest BCUT2D eigenvalue weighted by Crippen LogP contribution is -2.31. The smallest absolute Gasteiger partial charge is 0.341 e. The van der Waals surface area contributed by atoms with Crippen molar-refractivity contribution in [2.24, 2.45) is 0 Å². The monoisotopic (exact) mass is 266 g/mol. The maximum absolute atomic E-state index is 12.1. The largest absolute Gasteiger partial charge is 0.420 e. The molecule has 0 aromatic heterocycles. The quantitative estimate of drug-likeness (QED) is 0.629. The van der Waals surface area contributed by atoms with Gasteiger partial charge in [-0.2, -0.15) is 0 Å². The van der Waals surface area contributed by atoms with Gasteiger partial charge in [-0.1, -0.05) is 54.6 Å². The molecule has 20 heavy (non-hydrogen) atoms. The van der Waals surface area contributed by atoms with Crippen molar-refractivity contribution in [3.8, 4) is 0 Å². The molecule has 2 aromatic carbocycles. The van der Waals surface area contributed by atoms with Gasteiger partial charge in [-0.15, -0.1) is 6.58 Å². The Morgan fingerprint density at radius 1 is 1.10 bits per heavy atom. The predicted molar refractivity (Wildman–Crippen MR) is 75.2 cm³/mol. The number of hydrogen-bond acceptors (Lipinski definition) is 3. The van der Waals surface area contributed by atoms with Gasteiger partial charge in [0, 0.05) is 11.1 Å². The van der Waals surface area contributed by atoms with Gasteiger partial charge >= 0.3 is 5.97 Å². The minimum atomic E-state index is -1.18. The summed E-state index contributed by atoms with van der Waals surface area (Å²) in [4.78, 5) is 12.1. The maximum atomic E-state index is 12.1. The van der Waals surface area contributed by atoms with Crippen LogP contribution in [0.5, 0.6) is 0 Å². The second-order valence-corrected chi connectivity index (χ2v) is 4.52. The van der Waals surface area contributed by atoms with Crippen molar-refractivity contribution in [2.45, 2.75) is 5.79 Å². The Bertz CT molecular complexity index is 648. The molecule has 3 rings (SSSR count).